The average molecular weight is 536 g/mol. The van der Waals surface area contributed by atoms with E-state index in [0.29, 0.717) is 11.4 Å². The lowest BCUT2D eigenvalue weighted by Crippen LogP contribution is -2.30. The monoisotopic (exact) mass is 535 g/mol. The maximum Gasteiger partial charge on any atom is 0.435 e. The van der Waals surface area contributed by atoms with Gasteiger partial charge in [0.1, 0.15) is 6.26 Å². The standard InChI is InChI=1S/C26H32F3N5O4/c1-25(2)13-20-22(21(35)14-25)23(26(27,28)29)33-34(20)16-6-9-18(24(30)36)19(12-16)32-15-4-7-17(8-5-15)38-11-10-31-37-3/h6,9-12,15,17,31-32H,4-5,7-8,13-14H2,1-3H3,(H2,30,36). The number of carbonyl (C=O) groups excluding carboxylic acids is 2. The third kappa shape index (κ3) is 5.95. The highest BCUT2D eigenvalue weighted by atomic mass is 19.4. The van der Waals surface area contributed by atoms with Gasteiger partial charge in [-0.2, -0.15) is 18.3 Å². The minimum absolute atomic E-state index is 0.00191. The first-order chi connectivity index (χ1) is 17.9. The van der Waals surface area contributed by atoms with Crippen molar-refractivity contribution in [2.75, 3.05) is 12.4 Å². The molecule has 0 unspecified atom stereocenters. The molecule has 4 rings (SSSR count). The van der Waals surface area contributed by atoms with Crippen LogP contribution < -0.4 is 16.5 Å². The van der Waals surface area contributed by atoms with Crippen LogP contribution in [0, 0.1) is 5.41 Å². The Bertz CT molecular complexity index is 1230. The van der Waals surface area contributed by atoms with Gasteiger partial charge in [-0.1, -0.05) is 13.8 Å². The molecular formula is C26H32F3N5O4. The highest BCUT2D eigenvalue weighted by Gasteiger charge is 2.45. The summed E-state index contributed by atoms with van der Waals surface area (Å²) < 4.78 is 48.4. The number of rotatable bonds is 8. The molecule has 2 aliphatic rings. The molecule has 1 amide bonds. The number of nitrogens with two attached hydrogens (primary N) is 1. The highest BCUT2D eigenvalue weighted by molar-refractivity contribution is 6.00. The van der Waals surface area contributed by atoms with Gasteiger partial charge in [0.2, 0.25) is 0 Å². The zero-order chi connectivity index (χ0) is 27.7. The number of benzene rings is 1. The van der Waals surface area contributed by atoms with Gasteiger partial charge in [-0.25, -0.2) is 4.68 Å². The van der Waals surface area contributed by atoms with Gasteiger partial charge in [-0.3, -0.25) is 19.9 Å². The summed E-state index contributed by atoms with van der Waals surface area (Å²) in [5.74, 6) is -1.24. The van der Waals surface area contributed by atoms with Gasteiger partial charge < -0.3 is 15.8 Å². The summed E-state index contributed by atoms with van der Waals surface area (Å²) >= 11 is 0. The molecule has 38 heavy (non-hydrogen) atoms. The molecular weight excluding hydrogens is 503 g/mol. The number of halogens is 3. The van der Waals surface area contributed by atoms with Crippen LogP contribution >= 0.6 is 0 Å². The molecule has 9 nitrogen and oxygen atoms in total. The molecule has 4 N–H and O–H groups in total. The number of anilines is 1. The molecule has 206 valence electrons. The number of ketones is 1. The number of carbonyl (C=O) groups is 2. The van der Waals surface area contributed by atoms with Crippen molar-refractivity contribution in [3.05, 3.63) is 53.2 Å². The maximum absolute atomic E-state index is 13.9. The zero-order valence-electron chi connectivity index (χ0n) is 21.5. The Morgan fingerprint density at radius 3 is 2.55 bits per heavy atom. The molecule has 2 aliphatic carbocycles. The minimum Gasteiger partial charge on any atom is -0.496 e. The van der Waals surface area contributed by atoms with Crippen LogP contribution in [-0.4, -0.2) is 40.7 Å². The molecule has 0 saturated heterocycles. The van der Waals surface area contributed by atoms with E-state index >= 15 is 0 Å². The van der Waals surface area contributed by atoms with Crippen molar-refractivity contribution in [2.45, 2.75) is 70.7 Å². The Balaban J connectivity index is 1.63. The van der Waals surface area contributed by atoms with E-state index in [1.807, 2.05) is 13.8 Å². The van der Waals surface area contributed by atoms with E-state index in [0.717, 1.165) is 25.7 Å². The summed E-state index contributed by atoms with van der Waals surface area (Å²) in [4.78, 5) is 29.6. The Morgan fingerprint density at radius 2 is 1.92 bits per heavy atom. The molecule has 1 heterocycles. The van der Waals surface area contributed by atoms with Gasteiger partial charge in [0, 0.05) is 18.2 Å². The van der Waals surface area contributed by atoms with Crippen LogP contribution in [0.25, 0.3) is 5.69 Å². The number of primary amides is 1. The molecule has 1 saturated carbocycles. The van der Waals surface area contributed by atoms with Gasteiger partial charge in [0.05, 0.1) is 41.9 Å². The molecule has 1 aromatic carbocycles. The summed E-state index contributed by atoms with van der Waals surface area (Å²) in [5, 5.41) is 7.20. The largest absolute Gasteiger partial charge is 0.496 e. The summed E-state index contributed by atoms with van der Waals surface area (Å²) in [6.07, 6.45) is 1.60. The third-order valence-electron chi connectivity index (χ3n) is 6.89. The van der Waals surface area contributed by atoms with Gasteiger partial charge in [0.15, 0.2) is 11.5 Å². The average Bonchev–Trinajstić information content (AvgIpc) is 3.22. The molecule has 0 aliphatic heterocycles. The van der Waals surface area contributed by atoms with Gasteiger partial charge in [-0.05, 0) is 55.7 Å². The number of amides is 1. The topological polar surface area (TPSA) is 120 Å². The summed E-state index contributed by atoms with van der Waals surface area (Å²) in [7, 11) is 1.49. The zero-order valence-corrected chi connectivity index (χ0v) is 21.5. The number of nitrogens with zero attached hydrogens (tertiary/aromatic N) is 2. The number of alkyl halides is 3. The number of fused-ring (bicyclic) bond motifs is 1. The second kappa shape index (κ2) is 10.7. The van der Waals surface area contributed by atoms with E-state index in [4.69, 9.17) is 15.3 Å². The van der Waals surface area contributed by atoms with E-state index in [-0.39, 0.29) is 41.8 Å². The predicted octanol–water partition coefficient (Wildman–Crippen LogP) is 4.51. The van der Waals surface area contributed by atoms with E-state index in [1.54, 1.807) is 12.3 Å². The number of Topliss-reactive ketones (excluding diaryl/α,β-unsaturated/α-hetero) is 1. The Hall–Kier alpha value is -3.54. The van der Waals surface area contributed by atoms with E-state index < -0.39 is 29.0 Å². The number of ether oxygens (including phenoxy) is 1. The fourth-order valence-corrected chi connectivity index (χ4v) is 5.17. The molecule has 0 spiro atoms. The van der Waals surface area contributed by atoms with Crippen LogP contribution in [0.1, 0.15) is 78.1 Å². The van der Waals surface area contributed by atoms with Crippen molar-refractivity contribution < 1.29 is 32.3 Å². The molecule has 2 aromatic rings. The molecule has 1 fully saturated rings. The predicted molar refractivity (Wildman–Crippen MR) is 134 cm³/mol. The third-order valence-corrected chi connectivity index (χ3v) is 6.89. The lowest BCUT2D eigenvalue weighted by Gasteiger charge is -2.30. The first-order valence-electron chi connectivity index (χ1n) is 12.4. The van der Waals surface area contributed by atoms with Crippen LogP contribution in [-0.2, 0) is 22.2 Å². The van der Waals surface area contributed by atoms with Crippen molar-refractivity contribution in [3.8, 4) is 5.69 Å². The maximum atomic E-state index is 13.9. The first kappa shape index (κ1) is 27.5. The molecule has 0 atom stereocenters. The Morgan fingerprint density at radius 1 is 1.21 bits per heavy atom. The van der Waals surface area contributed by atoms with Gasteiger partial charge >= 0.3 is 6.18 Å². The quantitative estimate of drug-likeness (QED) is 0.336. The van der Waals surface area contributed by atoms with Crippen LogP contribution in [0.5, 0.6) is 0 Å². The second-order valence-electron chi connectivity index (χ2n) is 10.5. The Kier molecular flexibility index (Phi) is 7.73. The number of hydrogen-bond donors (Lipinski definition) is 3. The summed E-state index contributed by atoms with van der Waals surface area (Å²) in [5.41, 5.74) is 7.21. The summed E-state index contributed by atoms with van der Waals surface area (Å²) in [6, 6.07) is 4.54. The number of hydrogen-bond acceptors (Lipinski definition) is 7. The molecule has 1 aromatic heterocycles. The molecule has 0 radical (unpaired) electrons. The number of hydroxylamine groups is 1. The number of aromatic nitrogens is 2. The normalized spacial score (nSPS) is 21.3. The highest BCUT2D eigenvalue weighted by Crippen LogP contribution is 2.42. The van der Waals surface area contributed by atoms with E-state index in [2.05, 4.69) is 15.9 Å². The number of nitrogens with one attached hydrogen (secondary N) is 2. The minimum atomic E-state index is -4.78. The van der Waals surface area contributed by atoms with Crippen LogP contribution in [0.4, 0.5) is 18.9 Å². The molecule has 12 heteroatoms. The van der Waals surface area contributed by atoms with Gasteiger partial charge in [0.25, 0.3) is 5.91 Å². The van der Waals surface area contributed by atoms with E-state index in [9.17, 15) is 22.8 Å². The lowest BCUT2D eigenvalue weighted by atomic mass is 9.75. The Labute approximate surface area is 218 Å². The smallest absolute Gasteiger partial charge is 0.435 e. The van der Waals surface area contributed by atoms with Crippen LogP contribution in [0.2, 0.25) is 0 Å². The van der Waals surface area contributed by atoms with Gasteiger partial charge in [-0.15, -0.1) is 0 Å². The fraction of sp³-hybridized carbons (Fsp3) is 0.500. The molecule has 0 bridgehead atoms. The fourth-order valence-electron chi connectivity index (χ4n) is 5.17. The SMILES string of the molecule is CONC=COC1CCC(Nc2cc(-n3nc(C(F)(F)F)c4c3CC(C)(C)CC4=O)ccc2C(N)=O)CC1. The van der Waals surface area contributed by atoms with E-state index in [1.165, 1.54) is 30.2 Å². The van der Waals surface area contributed by atoms with Crippen molar-refractivity contribution in [3.63, 3.8) is 0 Å². The second-order valence-corrected chi connectivity index (χ2v) is 10.5. The van der Waals surface area contributed by atoms with Crippen LogP contribution in [0.3, 0.4) is 0 Å². The summed E-state index contributed by atoms with van der Waals surface area (Å²) in [6.45, 7) is 3.68. The van der Waals surface area contributed by atoms with Crippen LogP contribution in [0.15, 0.2) is 30.7 Å². The van der Waals surface area contributed by atoms with Crippen molar-refractivity contribution in [1.29, 1.82) is 0 Å². The lowest BCUT2D eigenvalue weighted by molar-refractivity contribution is -0.141. The van der Waals surface area contributed by atoms with Crippen molar-refractivity contribution >= 4 is 17.4 Å². The van der Waals surface area contributed by atoms with Crippen molar-refractivity contribution in [1.82, 2.24) is 15.3 Å². The first-order valence-corrected chi connectivity index (χ1v) is 12.4. The van der Waals surface area contributed by atoms with Crippen molar-refractivity contribution in [2.24, 2.45) is 11.1 Å².